The van der Waals surface area contributed by atoms with Crippen LogP contribution in [0.1, 0.15) is 10.4 Å². The van der Waals surface area contributed by atoms with Crippen LogP contribution in [0.5, 0.6) is 0 Å². The summed E-state index contributed by atoms with van der Waals surface area (Å²) in [7, 11) is 0. The molecule has 15 heavy (non-hydrogen) atoms. The van der Waals surface area contributed by atoms with Crippen LogP contribution < -0.4 is 0 Å². The van der Waals surface area contributed by atoms with Crippen molar-refractivity contribution in [2.24, 2.45) is 0 Å². The van der Waals surface area contributed by atoms with Gasteiger partial charge < -0.3 is 4.74 Å². The van der Waals surface area contributed by atoms with Crippen LogP contribution >= 0.6 is 0 Å². The van der Waals surface area contributed by atoms with Crippen molar-refractivity contribution in [3.05, 3.63) is 48.3 Å². The molecule has 0 fully saturated rings. The van der Waals surface area contributed by atoms with Crippen LogP contribution in [0.4, 0.5) is 8.78 Å². The standard InChI is InChI=1S/C11H10F2O2/c1-2-9(12)7-15-11(14)8-3-5-10(13)6-4-8/h2-6,9H,1,7H2/t9-/m1/s1. The molecule has 0 unspecified atom stereocenters. The molecule has 0 aliphatic heterocycles. The van der Waals surface area contributed by atoms with Gasteiger partial charge in [-0.25, -0.2) is 13.6 Å². The Morgan fingerprint density at radius 3 is 2.60 bits per heavy atom. The average molecular weight is 212 g/mol. The van der Waals surface area contributed by atoms with Gasteiger partial charge in [-0.15, -0.1) is 6.58 Å². The fourth-order valence-electron chi connectivity index (χ4n) is 0.893. The van der Waals surface area contributed by atoms with Gasteiger partial charge in [0.05, 0.1) is 5.56 Å². The third-order valence-electron chi connectivity index (χ3n) is 1.71. The molecule has 1 aromatic carbocycles. The van der Waals surface area contributed by atoms with Gasteiger partial charge in [0.1, 0.15) is 12.4 Å². The Hall–Kier alpha value is -1.71. The Balaban J connectivity index is 2.54. The summed E-state index contributed by atoms with van der Waals surface area (Å²) < 4.78 is 29.7. The van der Waals surface area contributed by atoms with Crippen molar-refractivity contribution in [2.75, 3.05) is 6.61 Å². The van der Waals surface area contributed by atoms with Crippen LogP contribution in [0.15, 0.2) is 36.9 Å². The monoisotopic (exact) mass is 212 g/mol. The molecule has 4 heteroatoms. The lowest BCUT2D eigenvalue weighted by Crippen LogP contribution is -2.13. The first-order valence-electron chi connectivity index (χ1n) is 4.33. The van der Waals surface area contributed by atoms with Gasteiger partial charge in [0, 0.05) is 0 Å². The van der Waals surface area contributed by atoms with E-state index in [0.29, 0.717) is 0 Å². The number of carbonyl (C=O) groups is 1. The lowest BCUT2D eigenvalue weighted by molar-refractivity contribution is 0.0437. The van der Waals surface area contributed by atoms with E-state index in [0.717, 1.165) is 18.2 Å². The van der Waals surface area contributed by atoms with Gasteiger partial charge >= 0.3 is 5.97 Å². The molecule has 0 aromatic heterocycles. The minimum absolute atomic E-state index is 0.188. The van der Waals surface area contributed by atoms with Gasteiger partial charge in [0.15, 0.2) is 6.17 Å². The second-order valence-electron chi connectivity index (χ2n) is 2.86. The molecule has 0 radical (unpaired) electrons. The predicted molar refractivity (Wildman–Crippen MR) is 51.8 cm³/mol. The predicted octanol–water partition coefficient (Wildman–Crippen LogP) is 2.51. The van der Waals surface area contributed by atoms with Crippen LogP contribution in [0, 0.1) is 5.82 Å². The number of esters is 1. The summed E-state index contributed by atoms with van der Waals surface area (Å²) in [5.41, 5.74) is 0.188. The summed E-state index contributed by atoms with van der Waals surface area (Å²) in [4.78, 5) is 11.2. The topological polar surface area (TPSA) is 26.3 Å². The molecule has 1 aromatic rings. The zero-order valence-electron chi connectivity index (χ0n) is 7.95. The highest BCUT2D eigenvalue weighted by molar-refractivity contribution is 5.89. The van der Waals surface area contributed by atoms with Crippen molar-refractivity contribution in [1.82, 2.24) is 0 Å². The van der Waals surface area contributed by atoms with Gasteiger partial charge in [-0.05, 0) is 24.3 Å². The fourth-order valence-corrected chi connectivity index (χ4v) is 0.893. The van der Waals surface area contributed by atoms with E-state index in [1.807, 2.05) is 0 Å². The molecular weight excluding hydrogens is 202 g/mol. The molecule has 0 spiro atoms. The Morgan fingerprint density at radius 2 is 2.07 bits per heavy atom. The maximum atomic E-state index is 12.6. The maximum Gasteiger partial charge on any atom is 0.338 e. The van der Waals surface area contributed by atoms with Gasteiger partial charge in [-0.1, -0.05) is 6.08 Å². The van der Waals surface area contributed by atoms with Crippen molar-refractivity contribution < 1.29 is 18.3 Å². The van der Waals surface area contributed by atoms with Crippen LogP contribution in [-0.2, 0) is 4.74 Å². The van der Waals surface area contributed by atoms with Crippen LogP contribution in [-0.4, -0.2) is 18.7 Å². The minimum Gasteiger partial charge on any atom is -0.459 e. The van der Waals surface area contributed by atoms with E-state index in [1.54, 1.807) is 0 Å². The van der Waals surface area contributed by atoms with Crippen molar-refractivity contribution in [3.63, 3.8) is 0 Å². The summed E-state index contributed by atoms with van der Waals surface area (Å²) in [6.07, 6.45) is -0.341. The molecule has 1 atom stereocenters. The molecule has 0 N–H and O–H groups in total. The van der Waals surface area contributed by atoms with Crippen LogP contribution in [0.3, 0.4) is 0 Å². The zero-order chi connectivity index (χ0) is 11.3. The first kappa shape index (κ1) is 11.4. The van der Waals surface area contributed by atoms with Gasteiger partial charge in [-0.2, -0.15) is 0 Å². The van der Waals surface area contributed by atoms with E-state index in [1.165, 1.54) is 12.1 Å². The summed E-state index contributed by atoms with van der Waals surface area (Å²) in [6.45, 7) is 2.83. The minimum atomic E-state index is -1.38. The van der Waals surface area contributed by atoms with E-state index in [-0.39, 0.29) is 12.2 Å². The van der Waals surface area contributed by atoms with Gasteiger partial charge in [-0.3, -0.25) is 0 Å². The second kappa shape index (κ2) is 5.24. The average Bonchev–Trinajstić information content (AvgIpc) is 2.26. The molecule has 80 valence electrons. The van der Waals surface area contributed by atoms with E-state index >= 15 is 0 Å². The number of hydrogen-bond donors (Lipinski definition) is 0. The van der Waals surface area contributed by atoms with Gasteiger partial charge in [0.2, 0.25) is 0 Å². The zero-order valence-corrected chi connectivity index (χ0v) is 7.95. The molecule has 0 saturated heterocycles. The van der Waals surface area contributed by atoms with Crippen molar-refractivity contribution in [3.8, 4) is 0 Å². The normalized spacial score (nSPS) is 11.9. The SMILES string of the molecule is C=C[C@@H](F)COC(=O)c1ccc(F)cc1. The van der Waals surface area contributed by atoms with E-state index < -0.39 is 18.0 Å². The molecule has 0 heterocycles. The molecule has 0 aliphatic carbocycles. The lowest BCUT2D eigenvalue weighted by atomic mass is 10.2. The summed E-state index contributed by atoms with van der Waals surface area (Å²) in [5.74, 6) is -1.12. The smallest absolute Gasteiger partial charge is 0.338 e. The quantitative estimate of drug-likeness (QED) is 0.566. The van der Waals surface area contributed by atoms with Gasteiger partial charge in [0.25, 0.3) is 0 Å². The molecule has 0 bridgehead atoms. The molecule has 2 nitrogen and oxygen atoms in total. The summed E-state index contributed by atoms with van der Waals surface area (Å²) in [5, 5.41) is 0. The number of benzene rings is 1. The summed E-state index contributed by atoms with van der Waals surface area (Å²) in [6, 6.07) is 4.83. The molecular formula is C11H10F2O2. The Labute approximate surface area is 86.2 Å². The molecule has 0 aliphatic rings. The number of halogens is 2. The fraction of sp³-hybridized carbons (Fsp3) is 0.182. The number of hydrogen-bond acceptors (Lipinski definition) is 2. The third kappa shape index (κ3) is 3.50. The number of rotatable bonds is 4. The Bertz CT molecular complexity index is 346. The largest absolute Gasteiger partial charge is 0.459 e. The van der Waals surface area contributed by atoms with Crippen LogP contribution in [0.25, 0.3) is 0 Å². The highest BCUT2D eigenvalue weighted by Crippen LogP contribution is 2.05. The first-order valence-corrected chi connectivity index (χ1v) is 4.33. The maximum absolute atomic E-state index is 12.6. The van der Waals surface area contributed by atoms with E-state index in [9.17, 15) is 13.6 Å². The molecule has 0 amide bonds. The number of carbonyl (C=O) groups excluding carboxylic acids is 1. The first-order chi connectivity index (χ1) is 7.13. The second-order valence-corrected chi connectivity index (χ2v) is 2.86. The Morgan fingerprint density at radius 1 is 1.47 bits per heavy atom. The number of ether oxygens (including phenoxy) is 1. The molecule has 1 rings (SSSR count). The Kier molecular flexibility index (Phi) is 3.97. The molecule has 0 saturated carbocycles. The van der Waals surface area contributed by atoms with Crippen molar-refractivity contribution in [1.29, 1.82) is 0 Å². The lowest BCUT2D eigenvalue weighted by Gasteiger charge is -2.05. The van der Waals surface area contributed by atoms with Crippen molar-refractivity contribution in [2.45, 2.75) is 6.17 Å². The summed E-state index contributed by atoms with van der Waals surface area (Å²) >= 11 is 0. The highest BCUT2D eigenvalue weighted by Gasteiger charge is 2.09. The van der Waals surface area contributed by atoms with E-state index in [4.69, 9.17) is 0 Å². The highest BCUT2D eigenvalue weighted by atomic mass is 19.1. The third-order valence-corrected chi connectivity index (χ3v) is 1.71. The van der Waals surface area contributed by atoms with Crippen LogP contribution in [0.2, 0.25) is 0 Å². The van der Waals surface area contributed by atoms with Crippen molar-refractivity contribution >= 4 is 5.97 Å². The number of alkyl halides is 1. The van der Waals surface area contributed by atoms with E-state index in [2.05, 4.69) is 11.3 Å².